The number of thiophene rings is 1. The minimum atomic E-state index is 1.01. The van der Waals surface area contributed by atoms with Crippen LogP contribution in [-0.4, -0.2) is 0 Å². The zero-order valence-electron chi connectivity index (χ0n) is 6.47. The molecule has 0 amide bonds. The SMILES string of the molecule is Cc1cc2c(Br)cc(S)cc2s1. The van der Waals surface area contributed by atoms with Crippen LogP contribution in [0.15, 0.2) is 27.6 Å². The Hall–Kier alpha value is 0.01000. The first-order valence-electron chi connectivity index (χ1n) is 3.55. The van der Waals surface area contributed by atoms with Gasteiger partial charge in [-0.3, -0.25) is 0 Å². The fourth-order valence-corrected chi connectivity index (χ4v) is 3.43. The molecule has 0 unspecified atom stereocenters. The van der Waals surface area contributed by atoms with Gasteiger partial charge in [0.25, 0.3) is 0 Å². The molecule has 1 heterocycles. The van der Waals surface area contributed by atoms with Crippen molar-refractivity contribution in [3.8, 4) is 0 Å². The number of halogens is 1. The van der Waals surface area contributed by atoms with E-state index >= 15 is 0 Å². The number of rotatable bonds is 0. The molecule has 0 fully saturated rings. The van der Waals surface area contributed by atoms with Crippen LogP contribution in [0, 0.1) is 6.92 Å². The lowest BCUT2D eigenvalue weighted by molar-refractivity contribution is 1.52. The molecule has 0 saturated carbocycles. The van der Waals surface area contributed by atoms with Gasteiger partial charge in [-0.1, -0.05) is 15.9 Å². The third kappa shape index (κ3) is 1.41. The molecule has 0 aliphatic carbocycles. The monoisotopic (exact) mass is 258 g/mol. The predicted molar refractivity (Wildman–Crippen MR) is 61.5 cm³/mol. The number of hydrogen-bond acceptors (Lipinski definition) is 2. The molecule has 0 spiro atoms. The average Bonchev–Trinajstić information content (AvgIpc) is 2.29. The number of thiol groups is 1. The van der Waals surface area contributed by atoms with Gasteiger partial charge in [-0.2, -0.15) is 0 Å². The van der Waals surface area contributed by atoms with E-state index in [-0.39, 0.29) is 0 Å². The molecule has 0 aliphatic heterocycles. The summed E-state index contributed by atoms with van der Waals surface area (Å²) in [5, 5.41) is 1.29. The zero-order chi connectivity index (χ0) is 8.72. The van der Waals surface area contributed by atoms with Crippen LogP contribution in [0.3, 0.4) is 0 Å². The van der Waals surface area contributed by atoms with Gasteiger partial charge in [0.2, 0.25) is 0 Å². The summed E-state index contributed by atoms with van der Waals surface area (Å²) in [7, 11) is 0. The van der Waals surface area contributed by atoms with Crippen molar-refractivity contribution in [3.63, 3.8) is 0 Å². The Balaban J connectivity index is 2.88. The zero-order valence-corrected chi connectivity index (χ0v) is 9.76. The van der Waals surface area contributed by atoms with Crippen LogP contribution < -0.4 is 0 Å². The first-order chi connectivity index (χ1) is 5.66. The Morgan fingerprint density at radius 3 is 2.83 bits per heavy atom. The first kappa shape index (κ1) is 8.60. The van der Waals surface area contributed by atoms with Crippen LogP contribution in [0.5, 0.6) is 0 Å². The van der Waals surface area contributed by atoms with Crippen LogP contribution in [-0.2, 0) is 0 Å². The summed E-state index contributed by atoms with van der Waals surface area (Å²) in [6.07, 6.45) is 0. The van der Waals surface area contributed by atoms with Gasteiger partial charge in [0.05, 0.1) is 0 Å². The number of benzene rings is 1. The first-order valence-corrected chi connectivity index (χ1v) is 5.61. The maximum Gasteiger partial charge on any atom is 0.0367 e. The van der Waals surface area contributed by atoms with Crippen molar-refractivity contribution in [2.45, 2.75) is 11.8 Å². The second-order valence-electron chi connectivity index (χ2n) is 2.70. The maximum absolute atomic E-state index is 4.32. The molecule has 2 aromatic rings. The van der Waals surface area contributed by atoms with Gasteiger partial charge < -0.3 is 0 Å². The maximum atomic E-state index is 4.32. The van der Waals surface area contributed by atoms with Gasteiger partial charge in [-0.25, -0.2) is 0 Å². The Kier molecular flexibility index (Phi) is 2.19. The summed E-state index contributed by atoms with van der Waals surface area (Å²) in [6, 6.07) is 6.32. The minimum absolute atomic E-state index is 1.01. The Morgan fingerprint density at radius 2 is 2.08 bits per heavy atom. The Morgan fingerprint density at radius 1 is 1.33 bits per heavy atom. The van der Waals surface area contributed by atoms with Crippen molar-refractivity contribution < 1.29 is 0 Å². The quantitative estimate of drug-likeness (QED) is 0.671. The fourth-order valence-electron chi connectivity index (χ4n) is 1.21. The molecule has 12 heavy (non-hydrogen) atoms. The van der Waals surface area contributed by atoms with Gasteiger partial charge in [-0.15, -0.1) is 24.0 Å². The van der Waals surface area contributed by atoms with E-state index in [1.54, 1.807) is 11.3 Å². The number of fused-ring (bicyclic) bond motifs is 1. The highest BCUT2D eigenvalue weighted by Crippen LogP contribution is 2.33. The molecule has 0 atom stereocenters. The second-order valence-corrected chi connectivity index (χ2v) is 5.36. The van der Waals surface area contributed by atoms with Crippen LogP contribution in [0.25, 0.3) is 10.1 Å². The van der Waals surface area contributed by atoms with Crippen molar-refractivity contribution in [1.82, 2.24) is 0 Å². The van der Waals surface area contributed by atoms with Crippen LogP contribution in [0.4, 0.5) is 0 Å². The summed E-state index contributed by atoms with van der Waals surface area (Å²) < 4.78 is 2.43. The van der Waals surface area contributed by atoms with Gasteiger partial charge in [0.15, 0.2) is 0 Å². The van der Waals surface area contributed by atoms with Crippen molar-refractivity contribution >= 4 is 50.0 Å². The lowest BCUT2D eigenvalue weighted by atomic mass is 10.2. The standard InChI is InChI=1S/C9H7BrS2/c1-5-2-7-8(10)3-6(11)4-9(7)12-5/h2-4,11H,1H3. The summed E-state index contributed by atoms with van der Waals surface area (Å²) in [5.41, 5.74) is 0. The smallest absolute Gasteiger partial charge is 0.0367 e. The average molecular weight is 259 g/mol. The molecule has 0 bridgehead atoms. The van der Waals surface area contributed by atoms with E-state index in [4.69, 9.17) is 0 Å². The number of hydrogen-bond donors (Lipinski definition) is 1. The fraction of sp³-hybridized carbons (Fsp3) is 0.111. The van der Waals surface area contributed by atoms with Crippen LogP contribution >= 0.6 is 39.9 Å². The molecule has 1 aromatic carbocycles. The summed E-state index contributed by atoms with van der Waals surface area (Å²) in [4.78, 5) is 2.35. The Bertz CT molecular complexity index is 431. The molecule has 0 N–H and O–H groups in total. The van der Waals surface area contributed by atoms with Gasteiger partial charge in [0.1, 0.15) is 0 Å². The molecular formula is C9H7BrS2. The van der Waals surface area contributed by atoms with E-state index < -0.39 is 0 Å². The van der Waals surface area contributed by atoms with Gasteiger partial charge in [0, 0.05) is 24.3 Å². The van der Waals surface area contributed by atoms with Crippen molar-refractivity contribution in [2.75, 3.05) is 0 Å². The lowest BCUT2D eigenvalue weighted by Crippen LogP contribution is -1.68. The highest BCUT2D eigenvalue weighted by molar-refractivity contribution is 9.10. The molecule has 3 heteroatoms. The largest absolute Gasteiger partial charge is 0.143 e. The normalized spacial score (nSPS) is 10.9. The van der Waals surface area contributed by atoms with Gasteiger partial charge >= 0.3 is 0 Å². The van der Waals surface area contributed by atoms with Crippen LogP contribution in [0.2, 0.25) is 0 Å². The lowest BCUT2D eigenvalue weighted by Gasteiger charge is -1.95. The van der Waals surface area contributed by atoms with Crippen molar-refractivity contribution in [1.29, 1.82) is 0 Å². The van der Waals surface area contributed by atoms with E-state index in [0.29, 0.717) is 0 Å². The van der Waals surface area contributed by atoms with Crippen molar-refractivity contribution in [3.05, 3.63) is 27.5 Å². The highest BCUT2D eigenvalue weighted by atomic mass is 79.9. The molecule has 0 radical (unpaired) electrons. The van der Waals surface area contributed by atoms with E-state index in [2.05, 4.69) is 47.6 Å². The van der Waals surface area contributed by atoms with Crippen molar-refractivity contribution in [2.24, 2.45) is 0 Å². The van der Waals surface area contributed by atoms with E-state index in [9.17, 15) is 0 Å². The van der Waals surface area contributed by atoms with E-state index in [1.165, 1.54) is 15.0 Å². The summed E-state index contributed by atoms with van der Waals surface area (Å²) in [5.74, 6) is 0. The topological polar surface area (TPSA) is 0 Å². The predicted octanol–water partition coefficient (Wildman–Crippen LogP) is 4.26. The molecular weight excluding hydrogens is 252 g/mol. The molecule has 0 saturated heterocycles. The van der Waals surface area contributed by atoms with E-state index in [0.717, 1.165) is 9.37 Å². The van der Waals surface area contributed by atoms with E-state index in [1.807, 2.05) is 6.07 Å². The molecule has 1 aromatic heterocycles. The molecule has 62 valence electrons. The Labute approximate surface area is 89.1 Å². The number of aryl methyl sites for hydroxylation is 1. The second kappa shape index (κ2) is 3.05. The highest BCUT2D eigenvalue weighted by Gasteiger charge is 2.02. The summed E-state index contributed by atoms with van der Waals surface area (Å²) in [6.45, 7) is 2.12. The van der Waals surface area contributed by atoms with Crippen LogP contribution in [0.1, 0.15) is 4.88 Å². The molecule has 0 aliphatic rings. The third-order valence-electron chi connectivity index (χ3n) is 1.69. The third-order valence-corrected chi connectivity index (χ3v) is 3.61. The molecule has 2 rings (SSSR count). The summed E-state index contributed by atoms with van der Waals surface area (Å²) >= 11 is 9.64. The minimum Gasteiger partial charge on any atom is -0.143 e. The molecule has 0 nitrogen and oxygen atoms in total. The van der Waals surface area contributed by atoms with Gasteiger partial charge in [-0.05, 0) is 25.1 Å².